The first-order chi connectivity index (χ1) is 13.9. The number of fused-ring (bicyclic) bond motifs is 1. The van der Waals surface area contributed by atoms with Gasteiger partial charge in [-0.25, -0.2) is 13.2 Å². The number of benzene rings is 2. The zero-order valence-electron chi connectivity index (χ0n) is 15.2. The first-order valence-corrected chi connectivity index (χ1v) is 10.6. The maximum atomic E-state index is 12.3. The molecule has 4 rings (SSSR count). The summed E-state index contributed by atoms with van der Waals surface area (Å²) in [5.74, 6) is -0.237. The molecule has 0 spiro atoms. The van der Waals surface area contributed by atoms with Gasteiger partial charge in [0.25, 0.3) is 5.91 Å². The summed E-state index contributed by atoms with van der Waals surface area (Å²) in [5.41, 5.74) is 1.11. The number of hydrogen-bond donors (Lipinski definition) is 1. The van der Waals surface area contributed by atoms with Gasteiger partial charge in [0.15, 0.2) is 16.4 Å². The molecule has 0 saturated carbocycles. The summed E-state index contributed by atoms with van der Waals surface area (Å²) in [6.45, 7) is -0.289. The van der Waals surface area contributed by atoms with Crippen LogP contribution < -0.4 is 15.7 Å². The van der Waals surface area contributed by atoms with Crippen LogP contribution >= 0.6 is 0 Å². The highest BCUT2D eigenvalue weighted by Gasteiger charge is 2.23. The van der Waals surface area contributed by atoms with Crippen molar-refractivity contribution in [3.63, 3.8) is 0 Å². The van der Waals surface area contributed by atoms with Gasteiger partial charge in [0.1, 0.15) is 11.3 Å². The van der Waals surface area contributed by atoms with Crippen molar-refractivity contribution in [3.8, 4) is 16.9 Å². The molecule has 3 aromatic rings. The molecule has 29 heavy (non-hydrogen) atoms. The molecule has 1 amide bonds. The van der Waals surface area contributed by atoms with Crippen LogP contribution in [0.15, 0.2) is 75.3 Å². The van der Waals surface area contributed by atoms with E-state index in [9.17, 15) is 18.0 Å². The Labute approximate surface area is 166 Å². The van der Waals surface area contributed by atoms with Crippen LogP contribution in [0.25, 0.3) is 22.1 Å². The van der Waals surface area contributed by atoms with Crippen molar-refractivity contribution in [2.45, 2.75) is 6.04 Å². The van der Waals surface area contributed by atoms with Crippen molar-refractivity contribution in [3.05, 3.63) is 76.5 Å². The molecule has 2 heterocycles. The summed E-state index contributed by atoms with van der Waals surface area (Å²) in [4.78, 5) is 24.3. The summed E-state index contributed by atoms with van der Waals surface area (Å²) in [6, 6.07) is 15.4. The highest BCUT2D eigenvalue weighted by molar-refractivity contribution is 7.94. The minimum absolute atomic E-state index is 0.149. The fourth-order valence-corrected chi connectivity index (χ4v) is 4.30. The quantitative estimate of drug-likeness (QED) is 0.646. The Morgan fingerprint density at radius 3 is 2.66 bits per heavy atom. The van der Waals surface area contributed by atoms with E-state index in [0.29, 0.717) is 16.9 Å². The Hall–Kier alpha value is -3.39. The third kappa shape index (κ3) is 4.38. The van der Waals surface area contributed by atoms with E-state index in [1.807, 2.05) is 30.3 Å². The smallest absolute Gasteiger partial charge is 0.344 e. The van der Waals surface area contributed by atoms with Gasteiger partial charge in [0.2, 0.25) is 0 Å². The Kier molecular flexibility index (Phi) is 4.94. The van der Waals surface area contributed by atoms with Crippen LogP contribution in [0.4, 0.5) is 0 Å². The molecule has 0 bridgehead atoms. The highest BCUT2D eigenvalue weighted by atomic mass is 32.2. The van der Waals surface area contributed by atoms with Gasteiger partial charge in [-0.15, -0.1) is 0 Å². The van der Waals surface area contributed by atoms with Crippen molar-refractivity contribution in [1.82, 2.24) is 5.32 Å². The fourth-order valence-electron chi connectivity index (χ4n) is 3.06. The average molecular weight is 411 g/mol. The number of amides is 1. The molecule has 7 nitrogen and oxygen atoms in total. The van der Waals surface area contributed by atoms with Gasteiger partial charge in [-0.1, -0.05) is 30.3 Å². The zero-order chi connectivity index (χ0) is 20.4. The van der Waals surface area contributed by atoms with Crippen LogP contribution in [-0.4, -0.2) is 32.7 Å². The SMILES string of the molecule is O=C(COc1ccc2cc(-c3ccccc3)c(=O)oc2c1)N[C@H]1C=CS(=O)(=O)C1. The summed E-state index contributed by atoms with van der Waals surface area (Å²) in [6.07, 6.45) is 1.43. The molecule has 1 N–H and O–H groups in total. The lowest BCUT2D eigenvalue weighted by atomic mass is 10.1. The fraction of sp³-hybridized carbons (Fsp3) is 0.143. The van der Waals surface area contributed by atoms with E-state index < -0.39 is 27.4 Å². The van der Waals surface area contributed by atoms with E-state index in [-0.39, 0.29) is 12.4 Å². The number of ether oxygens (including phenoxy) is 1. The van der Waals surface area contributed by atoms with E-state index in [4.69, 9.17) is 9.15 Å². The number of nitrogens with one attached hydrogen (secondary N) is 1. The van der Waals surface area contributed by atoms with Crippen LogP contribution in [0.2, 0.25) is 0 Å². The molecule has 0 saturated heterocycles. The van der Waals surface area contributed by atoms with E-state index in [1.165, 1.54) is 6.08 Å². The van der Waals surface area contributed by atoms with Gasteiger partial charge in [-0.2, -0.15) is 0 Å². The Bertz CT molecular complexity index is 1260. The lowest BCUT2D eigenvalue weighted by Gasteiger charge is -2.11. The largest absolute Gasteiger partial charge is 0.484 e. The Morgan fingerprint density at radius 2 is 1.93 bits per heavy atom. The maximum Gasteiger partial charge on any atom is 0.344 e. The molecule has 1 aliphatic heterocycles. The molecule has 0 aliphatic carbocycles. The highest BCUT2D eigenvalue weighted by Crippen LogP contribution is 2.24. The summed E-state index contributed by atoms with van der Waals surface area (Å²) in [5, 5.41) is 4.39. The molecule has 1 aliphatic rings. The van der Waals surface area contributed by atoms with Gasteiger partial charge in [0, 0.05) is 16.9 Å². The molecule has 148 valence electrons. The van der Waals surface area contributed by atoms with Crippen LogP contribution in [0.1, 0.15) is 0 Å². The number of carbonyl (C=O) groups excluding carboxylic acids is 1. The minimum atomic E-state index is -3.24. The minimum Gasteiger partial charge on any atom is -0.484 e. The number of carbonyl (C=O) groups is 1. The topological polar surface area (TPSA) is 103 Å². The number of sulfone groups is 1. The Morgan fingerprint density at radius 1 is 1.14 bits per heavy atom. The van der Waals surface area contributed by atoms with Crippen LogP contribution in [-0.2, 0) is 14.6 Å². The van der Waals surface area contributed by atoms with Gasteiger partial charge < -0.3 is 14.5 Å². The third-order valence-corrected chi connectivity index (χ3v) is 5.83. The number of rotatable bonds is 5. The molecule has 0 fully saturated rings. The second-order valence-electron chi connectivity index (χ2n) is 6.63. The second kappa shape index (κ2) is 7.56. The molecule has 0 unspecified atom stereocenters. The lowest BCUT2D eigenvalue weighted by molar-refractivity contribution is -0.123. The summed E-state index contributed by atoms with van der Waals surface area (Å²) < 4.78 is 33.6. The van der Waals surface area contributed by atoms with Crippen molar-refractivity contribution in [2.24, 2.45) is 0 Å². The average Bonchev–Trinajstić information content (AvgIpc) is 3.04. The summed E-state index contributed by atoms with van der Waals surface area (Å²) in [7, 11) is -3.24. The molecule has 8 heteroatoms. The standard InChI is InChI=1S/C21H17NO6S/c23-20(22-16-8-9-29(25,26)13-16)12-27-17-7-6-15-10-18(14-4-2-1-3-5-14)21(24)28-19(15)11-17/h1-11,16H,12-13H2,(H,22,23)/t16-/m0/s1. The third-order valence-electron chi connectivity index (χ3n) is 4.44. The second-order valence-corrected chi connectivity index (χ2v) is 8.57. The van der Waals surface area contributed by atoms with Crippen molar-refractivity contribution < 1.29 is 22.4 Å². The van der Waals surface area contributed by atoms with Gasteiger partial charge in [0.05, 0.1) is 17.4 Å². The molecular weight excluding hydrogens is 394 g/mol. The van der Waals surface area contributed by atoms with E-state index >= 15 is 0 Å². The first kappa shape index (κ1) is 18.9. The molecule has 0 radical (unpaired) electrons. The van der Waals surface area contributed by atoms with E-state index in [0.717, 1.165) is 16.4 Å². The zero-order valence-corrected chi connectivity index (χ0v) is 16.0. The van der Waals surface area contributed by atoms with Crippen LogP contribution in [0.5, 0.6) is 5.75 Å². The molecular formula is C21H17NO6S. The van der Waals surface area contributed by atoms with Crippen molar-refractivity contribution >= 4 is 26.7 Å². The predicted molar refractivity (Wildman–Crippen MR) is 108 cm³/mol. The molecule has 2 aromatic carbocycles. The van der Waals surface area contributed by atoms with E-state index in [1.54, 1.807) is 24.3 Å². The van der Waals surface area contributed by atoms with Crippen molar-refractivity contribution in [1.29, 1.82) is 0 Å². The van der Waals surface area contributed by atoms with Crippen LogP contribution in [0, 0.1) is 0 Å². The predicted octanol–water partition coefficient (Wildman–Crippen LogP) is 2.27. The van der Waals surface area contributed by atoms with Gasteiger partial charge in [-0.05, 0) is 29.8 Å². The molecule has 1 aromatic heterocycles. The monoisotopic (exact) mass is 411 g/mol. The first-order valence-electron chi connectivity index (χ1n) is 8.86. The normalized spacial score (nSPS) is 17.3. The number of hydrogen-bond acceptors (Lipinski definition) is 6. The molecule has 1 atom stereocenters. The van der Waals surface area contributed by atoms with Crippen LogP contribution in [0.3, 0.4) is 0 Å². The van der Waals surface area contributed by atoms with Gasteiger partial charge >= 0.3 is 5.63 Å². The lowest BCUT2D eigenvalue weighted by Crippen LogP contribution is -2.38. The summed E-state index contributed by atoms with van der Waals surface area (Å²) >= 11 is 0. The Balaban J connectivity index is 1.46. The van der Waals surface area contributed by atoms with E-state index in [2.05, 4.69) is 5.32 Å². The van der Waals surface area contributed by atoms with Crippen molar-refractivity contribution in [2.75, 3.05) is 12.4 Å². The van der Waals surface area contributed by atoms with Gasteiger partial charge in [-0.3, -0.25) is 4.79 Å². The maximum absolute atomic E-state index is 12.3.